The van der Waals surface area contributed by atoms with Gasteiger partial charge in [-0.2, -0.15) is 0 Å². The number of aliphatic hydroxyl groups excluding tert-OH is 1. The summed E-state index contributed by atoms with van der Waals surface area (Å²) in [5, 5.41) is 9.55. The van der Waals surface area contributed by atoms with E-state index >= 15 is 0 Å². The van der Waals surface area contributed by atoms with Gasteiger partial charge in [0.05, 0.1) is 19.8 Å². The Morgan fingerprint density at radius 2 is 2.00 bits per heavy atom. The van der Waals surface area contributed by atoms with Gasteiger partial charge in [0.25, 0.3) is 0 Å². The molecular formula is C15H22O5. The molecule has 0 aliphatic heterocycles. The summed E-state index contributed by atoms with van der Waals surface area (Å²) in [6, 6.07) is 5.11. The fourth-order valence-electron chi connectivity index (χ4n) is 1.73. The van der Waals surface area contributed by atoms with Gasteiger partial charge in [0.1, 0.15) is 0 Å². The quantitative estimate of drug-likeness (QED) is 0.778. The smallest absolute Gasteiger partial charge is 0.347 e. The molecule has 0 radical (unpaired) electrons. The first-order chi connectivity index (χ1) is 9.53. The van der Waals surface area contributed by atoms with E-state index < -0.39 is 18.2 Å². The standard InChI is InChI=1S/C15H22O5/c1-5-12(15(17)19-6-2)20-13-8-7-11(10(3)16)9-14(13)18-4/h7-10,12,16H,5-6H2,1-4H3/t10-,12?/m0/s1. The predicted molar refractivity (Wildman–Crippen MR) is 75.0 cm³/mol. The molecule has 1 rings (SSSR count). The molecule has 112 valence electrons. The van der Waals surface area contributed by atoms with Gasteiger partial charge in [-0.05, 0) is 38.0 Å². The lowest BCUT2D eigenvalue weighted by Crippen LogP contribution is -2.28. The lowest BCUT2D eigenvalue weighted by atomic mass is 10.1. The SMILES string of the molecule is CCOC(=O)C(CC)Oc1ccc([C@H](C)O)cc1OC. The molecule has 0 amide bonds. The lowest BCUT2D eigenvalue weighted by Gasteiger charge is -2.18. The highest BCUT2D eigenvalue weighted by Gasteiger charge is 2.21. The fourth-order valence-corrected chi connectivity index (χ4v) is 1.73. The van der Waals surface area contributed by atoms with E-state index in [0.717, 1.165) is 5.56 Å². The zero-order valence-corrected chi connectivity index (χ0v) is 12.4. The molecule has 1 unspecified atom stereocenters. The number of rotatable bonds is 7. The molecule has 1 aromatic carbocycles. The maximum absolute atomic E-state index is 11.7. The second-order valence-electron chi connectivity index (χ2n) is 4.35. The Morgan fingerprint density at radius 1 is 1.30 bits per heavy atom. The van der Waals surface area contributed by atoms with Gasteiger partial charge in [-0.3, -0.25) is 0 Å². The van der Waals surface area contributed by atoms with Gasteiger partial charge in [0.2, 0.25) is 0 Å². The minimum absolute atomic E-state index is 0.316. The van der Waals surface area contributed by atoms with Crippen molar-refractivity contribution in [2.75, 3.05) is 13.7 Å². The first-order valence-electron chi connectivity index (χ1n) is 6.72. The number of benzene rings is 1. The number of esters is 1. The van der Waals surface area contributed by atoms with E-state index in [1.54, 1.807) is 32.0 Å². The largest absolute Gasteiger partial charge is 0.493 e. The van der Waals surface area contributed by atoms with Crippen LogP contribution in [0.2, 0.25) is 0 Å². The van der Waals surface area contributed by atoms with Crippen molar-refractivity contribution in [2.45, 2.75) is 39.4 Å². The highest BCUT2D eigenvalue weighted by molar-refractivity contribution is 5.75. The number of hydrogen-bond acceptors (Lipinski definition) is 5. The van der Waals surface area contributed by atoms with Crippen LogP contribution in [0.25, 0.3) is 0 Å². The Hall–Kier alpha value is -1.75. The molecule has 0 fully saturated rings. The molecule has 5 nitrogen and oxygen atoms in total. The first-order valence-corrected chi connectivity index (χ1v) is 6.72. The Kier molecular flexibility index (Phi) is 6.31. The van der Waals surface area contributed by atoms with Crippen molar-refractivity contribution >= 4 is 5.97 Å². The topological polar surface area (TPSA) is 65.0 Å². The van der Waals surface area contributed by atoms with E-state index in [9.17, 15) is 9.90 Å². The monoisotopic (exact) mass is 282 g/mol. The average molecular weight is 282 g/mol. The third-order valence-electron chi connectivity index (χ3n) is 2.86. The normalized spacial score (nSPS) is 13.4. The summed E-state index contributed by atoms with van der Waals surface area (Å²) >= 11 is 0. The van der Waals surface area contributed by atoms with Gasteiger partial charge in [-0.15, -0.1) is 0 Å². The fraction of sp³-hybridized carbons (Fsp3) is 0.533. The van der Waals surface area contributed by atoms with Crippen molar-refractivity contribution in [1.82, 2.24) is 0 Å². The van der Waals surface area contributed by atoms with Crippen LogP contribution >= 0.6 is 0 Å². The Balaban J connectivity index is 2.92. The minimum Gasteiger partial charge on any atom is -0.493 e. The van der Waals surface area contributed by atoms with Crippen molar-refractivity contribution < 1.29 is 24.1 Å². The maximum atomic E-state index is 11.7. The highest BCUT2D eigenvalue weighted by atomic mass is 16.6. The summed E-state index contributed by atoms with van der Waals surface area (Å²) in [5.41, 5.74) is 0.721. The molecule has 2 atom stereocenters. The molecule has 1 N–H and O–H groups in total. The Bertz CT molecular complexity index is 442. The third kappa shape index (κ3) is 4.13. The summed E-state index contributed by atoms with van der Waals surface area (Å²) < 4.78 is 15.8. The van der Waals surface area contributed by atoms with E-state index in [-0.39, 0.29) is 0 Å². The molecule has 0 aliphatic rings. The van der Waals surface area contributed by atoms with Crippen molar-refractivity contribution in [3.8, 4) is 11.5 Å². The zero-order chi connectivity index (χ0) is 15.1. The predicted octanol–water partition coefficient (Wildman–Crippen LogP) is 2.47. The summed E-state index contributed by atoms with van der Waals surface area (Å²) in [5.74, 6) is 0.541. The lowest BCUT2D eigenvalue weighted by molar-refractivity contribution is -0.151. The van der Waals surface area contributed by atoms with Gasteiger partial charge < -0.3 is 19.3 Å². The Labute approximate surface area is 119 Å². The van der Waals surface area contributed by atoms with Gasteiger partial charge in [0, 0.05) is 0 Å². The van der Waals surface area contributed by atoms with E-state index in [0.29, 0.717) is 24.5 Å². The third-order valence-corrected chi connectivity index (χ3v) is 2.86. The molecule has 0 heterocycles. The molecule has 0 bridgehead atoms. The second kappa shape index (κ2) is 7.75. The molecular weight excluding hydrogens is 260 g/mol. The van der Waals surface area contributed by atoms with Crippen LogP contribution in [0.1, 0.15) is 38.9 Å². The summed E-state index contributed by atoms with van der Waals surface area (Å²) in [7, 11) is 1.51. The van der Waals surface area contributed by atoms with Crippen LogP contribution in [0.3, 0.4) is 0 Å². The molecule has 0 aliphatic carbocycles. The van der Waals surface area contributed by atoms with Crippen LogP contribution < -0.4 is 9.47 Å². The van der Waals surface area contributed by atoms with Gasteiger partial charge in [-0.1, -0.05) is 13.0 Å². The number of carbonyl (C=O) groups excluding carboxylic acids is 1. The van der Waals surface area contributed by atoms with Crippen molar-refractivity contribution in [2.24, 2.45) is 0 Å². The molecule has 5 heteroatoms. The maximum Gasteiger partial charge on any atom is 0.347 e. The van der Waals surface area contributed by atoms with E-state index in [2.05, 4.69) is 0 Å². The number of hydrogen-bond donors (Lipinski definition) is 1. The van der Waals surface area contributed by atoms with Crippen LogP contribution in [0.5, 0.6) is 11.5 Å². The molecule has 0 saturated carbocycles. The van der Waals surface area contributed by atoms with Crippen molar-refractivity contribution in [1.29, 1.82) is 0 Å². The Morgan fingerprint density at radius 3 is 2.50 bits per heavy atom. The van der Waals surface area contributed by atoms with Gasteiger partial charge in [-0.25, -0.2) is 4.79 Å². The van der Waals surface area contributed by atoms with Crippen molar-refractivity contribution in [3.63, 3.8) is 0 Å². The zero-order valence-electron chi connectivity index (χ0n) is 12.4. The molecule has 0 saturated heterocycles. The number of aliphatic hydroxyl groups is 1. The van der Waals surface area contributed by atoms with Crippen molar-refractivity contribution in [3.05, 3.63) is 23.8 Å². The minimum atomic E-state index is -0.666. The van der Waals surface area contributed by atoms with Crippen LogP contribution in [-0.2, 0) is 9.53 Å². The highest BCUT2D eigenvalue weighted by Crippen LogP contribution is 2.31. The number of methoxy groups -OCH3 is 1. The summed E-state index contributed by atoms with van der Waals surface area (Å²) in [4.78, 5) is 11.7. The van der Waals surface area contributed by atoms with Crippen LogP contribution in [-0.4, -0.2) is 30.9 Å². The van der Waals surface area contributed by atoms with Crippen LogP contribution in [0, 0.1) is 0 Å². The summed E-state index contributed by atoms with van der Waals surface area (Å²) in [6.45, 7) is 5.58. The molecule has 0 aromatic heterocycles. The van der Waals surface area contributed by atoms with Gasteiger partial charge >= 0.3 is 5.97 Å². The molecule has 0 spiro atoms. The summed E-state index contributed by atoms with van der Waals surface area (Å²) in [6.07, 6.45) is -0.758. The van der Waals surface area contributed by atoms with E-state index in [1.807, 2.05) is 6.92 Å². The molecule has 1 aromatic rings. The average Bonchev–Trinajstić information content (AvgIpc) is 2.44. The molecule has 20 heavy (non-hydrogen) atoms. The van der Waals surface area contributed by atoms with Crippen LogP contribution in [0.15, 0.2) is 18.2 Å². The van der Waals surface area contributed by atoms with E-state index in [4.69, 9.17) is 14.2 Å². The first kappa shape index (κ1) is 16.3. The van der Waals surface area contributed by atoms with Gasteiger partial charge in [0.15, 0.2) is 17.6 Å². The second-order valence-corrected chi connectivity index (χ2v) is 4.35. The number of ether oxygens (including phenoxy) is 3. The van der Waals surface area contributed by atoms with E-state index in [1.165, 1.54) is 7.11 Å². The number of carbonyl (C=O) groups is 1. The van der Waals surface area contributed by atoms with Crippen LogP contribution in [0.4, 0.5) is 0 Å².